The van der Waals surface area contributed by atoms with Crippen LogP contribution < -0.4 is 9.13 Å². The number of rotatable bonds is 4. The summed E-state index contributed by atoms with van der Waals surface area (Å²) in [5.74, 6) is -0.495. The number of carbonyl (C=O) groups is 1. The third-order valence-corrected chi connectivity index (χ3v) is 3.66. The Balaban J connectivity index is 1.94. The summed E-state index contributed by atoms with van der Waals surface area (Å²) < 4.78 is 3.71. The van der Waals surface area contributed by atoms with Crippen LogP contribution in [-0.2, 0) is 18.9 Å². The van der Waals surface area contributed by atoms with Gasteiger partial charge in [0, 0.05) is 17.7 Å². The van der Waals surface area contributed by atoms with E-state index in [0.717, 1.165) is 11.1 Å². The third kappa shape index (κ3) is 4.14. The molecular formula is C20H19N3O2+2. The fraction of sp³-hybridized carbons (Fsp3) is 0.100. The maximum absolute atomic E-state index is 12.3. The predicted octanol–water partition coefficient (Wildman–Crippen LogP) is 1.95. The van der Waals surface area contributed by atoms with Crippen LogP contribution in [0.15, 0.2) is 84.5 Å². The summed E-state index contributed by atoms with van der Waals surface area (Å²) in [6, 6.07) is 17.0. The van der Waals surface area contributed by atoms with Crippen LogP contribution in [0.1, 0.15) is 21.5 Å². The second kappa shape index (κ2) is 7.49. The zero-order valence-corrected chi connectivity index (χ0v) is 14.2. The Labute approximate surface area is 146 Å². The molecule has 3 rings (SSSR count). The highest BCUT2D eigenvalue weighted by Gasteiger charge is 2.15. The standard InChI is InChI=1S/C20H19N3O2/c1-22-12-6-10-17(14-22)19(16-8-4-3-5-9-16)21-25-20(24)18-11-7-13-23(2)15-18/h3-15H,1-2H3/q+2. The smallest absolute Gasteiger partial charge is 0.312 e. The van der Waals surface area contributed by atoms with Crippen molar-refractivity contribution in [2.45, 2.75) is 0 Å². The maximum atomic E-state index is 12.3. The van der Waals surface area contributed by atoms with Gasteiger partial charge in [0.1, 0.15) is 25.4 Å². The summed E-state index contributed by atoms with van der Waals surface area (Å²) >= 11 is 0. The minimum Gasteiger partial charge on any atom is -0.312 e. The molecule has 5 heteroatoms. The van der Waals surface area contributed by atoms with E-state index in [2.05, 4.69) is 5.16 Å². The van der Waals surface area contributed by atoms with E-state index in [1.807, 2.05) is 79.7 Å². The predicted molar refractivity (Wildman–Crippen MR) is 92.7 cm³/mol. The van der Waals surface area contributed by atoms with Gasteiger partial charge in [0.05, 0.1) is 5.56 Å². The Morgan fingerprint density at radius 3 is 2.00 bits per heavy atom. The van der Waals surface area contributed by atoms with Gasteiger partial charge in [-0.3, -0.25) is 0 Å². The molecule has 0 fully saturated rings. The molecule has 124 valence electrons. The van der Waals surface area contributed by atoms with Crippen LogP contribution >= 0.6 is 0 Å². The maximum Gasteiger partial charge on any atom is 0.371 e. The molecule has 0 aliphatic rings. The van der Waals surface area contributed by atoms with Crippen LogP contribution in [0.4, 0.5) is 0 Å². The summed E-state index contributed by atoms with van der Waals surface area (Å²) in [6.45, 7) is 0. The summed E-state index contributed by atoms with van der Waals surface area (Å²) in [7, 11) is 3.78. The van der Waals surface area contributed by atoms with Crippen molar-refractivity contribution in [2.75, 3.05) is 0 Å². The number of aromatic nitrogens is 2. The average Bonchev–Trinajstić information content (AvgIpc) is 2.63. The van der Waals surface area contributed by atoms with Crippen LogP contribution in [-0.4, -0.2) is 11.7 Å². The van der Waals surface area contributed by atoms with Crippen molar-refractivity contribution < 1.29 is 18.8 Å². The van der Waals surface area contributed by atoms with E-state index in [0.29, 0.717) is 11.3 Å². The summed E-state index contributed by atoms with van der Waals surface area (Å²) in [6.07, 6.45) is 7.41. The van der Waals surface area contributed by atoms with Gasteiger partial charge in [-0.15, -0.1) is 0 Å². The van der Waals surface area contributed by atoms with Crippen molar-refractivity contribution in [3.63, 3.8) is 0 Å². The third-order valence-electron chi connectivity index (χ3n) is 3.66. The molecule has 2 aromatic heterocycles. The normalized spacial score (nSPS) is 11.2. The van der Waals surface area contributed by atoms with E-state index in [9.17, 15) is 4.79 Å². The van der Waals surface area contributed by atoms with E-state index >= 15 is 0 Å². The van der Waals surface area contributed by atoms with Gasteiger partial charge in [-0.05, 0) is 12.1 Å². The van der Waals surface area contributed by atoms with Gasteiger partial charge in [0.2, 0.25) is 0 Å². The van der Waals surface area contributed by atoms with Crippen LogP contribution in [0.3, 0.4) is 0 Å². The van der Waals surface area contributed by atoms with Crippen molar-refractivity contribution in [2.24, 2.45) is 19.3 Å². The van der Waals surface area contributed by atoms with Gasteiger partial charge in [-0.25, -0.2) is 13.9 Å². The number of nitrogens with zero attached hydrogens (tertiary/aromatic N) is 3. The van der Waals surface area contributed by atoms with Crippen molar-refractivity contribution >= 4 is 11.7 Å². The van der Waals surface area contributed by atoms with Crippen molar-refractivity contribution in [3.05, 3.63) is 96.1 Å². The number of aryl methyl sites for hydroxylation is 2. The topological polar surface area (TPSA) is 46.4 Å². The Morgan fingerprint density at radius 1 is 0.800 bits per heavy atom. The lowest BCUT2D eigenvalue weighted by atomic mass is 10.0. The van der Waals surface area contributed by atoms with Crippen molar-refractivity contribution in [1.29, 1.82) is 0 Å². The number of carbonyl (C=O) groups excluding carboxylic acids is 1. The lowest BCUT2D eigenvalue weighted by Crippen LogP contribution is -2.28. The molecule has 0 saturated heterocycles. The van der Waals surface area contributed by atoms with E-state index < -0.39 is 5.97 Å². The van der Waals surface area contributed by atoms with Gasteiger partial charge in [0.25, 0.3) is 0 Å². The minimum atomic E-state index is -0.495. The molecule has 5 nitrogen and oxygen atoms in total. The highest BCUT2D eigenvalue weighted by atomic mass is 16.7. The number of pyridine rings is 2. The van der Waals surface area contributed by atoms with Gasteiger partial charge >= 0.3 is 5.97 Å². The molecule has 0 atom stereocenters. The molecule has 0 N–H and O–H groups in total. The molecule has 0 saturated carbocycles. The second-order valence-electron chi connectivity index (χ2n) is 5.70. The molecule has 3 aromatic rings. The Hall–Kier alpha value is -3.34. The van der Waals surface area contributed by atoms with Crippen molar-refractivity contribution in [1.82, 2.24) is 0 Å². The monoisotopic (exact) mass is 333 g/mol. The summed E-state index contributed by atoms with van der Waals surface area (Å²) in [5.41, 5.74) is 2.79. The summed E-state index contributed by atoms with van der Waals surface area (Å²) in [5, 5.41) is 4.16. The zero-order chi connectivity index (χ0) is 17.6. The fourth-order valence-corrected chi connectivity index (χ4v) is 2.44. The number of benzene rings is 1. The molecule has 0 aliphatic carbocycles. The molecule has 1 aromatic carbocycles. The average molecular weight is 333 g/mol. The molecule has 0 amide bonds. The molecule has 0 bridgehead atoms. The molecule has 0 radical (unpaired) electrons. The SMILES string of the molecule is C[n+]1cccc(C(=O)ON=C(c2ccccc2)c2ccc[n+](C)c2)c1. The highest BCUT2D eigenvalue weighted by Crippen LogP contribution is 2.10. The van der Waals surface area contributed by atoms with Gasteiger partial charge < -0.3 is 4.84 Å². The highest BCUT2D eigenvalue weighted by molar-refractivity contribution is 6.12. The molecule has 2 heterocycles. The first-order valence-electron chi connectivity index (χ1n) is 7.89. The molecule has 25 heavy (non-hydrogen) atoms. The molecular weight excluding hydrogens is 314 g/mol. The first-order chi connectivity index (χ1) is 12.1. The molecule has 0 aliphatic heterocycles. The Bertz CT molecular complexity index is 921. The van der Waals surface area contributed by atoms with E-state index in [-0.39, 0.29) is 0 Å². The van der Waals surface area contributed by atoms with Gasteiger partial charge in [-0.1, -0.05) is 35.5 Å². The Morgan fingerprint density at radius 2 is 1.36 bits per heavy atom. The van der Waals surface area contributed by atoms with Crippen LogP contribution in [0.2, 0.25) is 0 Å². The number of hydrogen-bond acceptors (Lipinski definition) is 3. The zero-order valence-electron chi connectivity index (χ0n) is 14.2. The van der Waals surface area contributed by atoms with E-state index in [1.165, 1.54) is 0 Å². The lowest BCUT2D eigenvalue weighted by Gasteiger charge is -2.05. The van der Waals surface area contributed by atoms with E-state index in [4.69, 9.17) is 4.84 Å². The summed E-state index contributed by atoms with van der Waals surface area (Å²) in [4.78, 5) is 17.5. The second-order valence-corrected chi connectivity index (χ2v) is 5.70. The van der Waals surface area contributed by atoms with Crippen molar-refractivity contribution in [3.8, 4) is 0 Å². The lowest BCUT2D eigenvalue weighted by molar-refractivity contribution is -0.671. The quantitative estimate of drug-likeness (QED) is 0.317. The van der Waals surface area contributed by atoms with Crippen LogP contribution in [0.25, 0.3) is 0 Å². The minimum absolute atomic E-state index is 0.444. The molecule has 0 spiro atoms. The largest absolute Gasteiger partial charge is 0.371 e. The fourth-order valence-electron chi connectivity index (χ4n) is 2.44. The molecule has 0 unspecified atom stereocenters. The van der Waals surface area contributed by atoms with E-state index in [1.54, 1.807) is 22.9 Å². The first kappa shape index (κ1) is 16.5. The number of hydrogen-bond donors (Lipinski definition) is 0. The van der Waals surface area contributed by atoms with Gasteiger partial charge in [0.15, 0.2) is 24.8 Å². The van der Waals surface area contributed by atoms with Crippen LogP contribution in [0.5, 0.6) is 0 Å². The first-order valence-corrected chi connectivity index (χ1v) is 7.89. The Kier molecular flexibility index (Phi) is 4.95. The van der Waals surface area contributed by atoms with Crippen LogP contribution in [0, 0.1) is 0 Å². The van der Waals surface area contributed by atoms with Gasteiger partial charge in [-0.2, -0.15) is 0 Å². The number of oxime groups is 1.